The number of fused-ring (bicyclic) bond motifs is 3. The van der Waals surface area contributed by atoms with Crippen LogP contribution in [0.15, 0.2) is 54.9 Å². The topological polar surface area (TPSA) is 112 Å². The normalized spacial score (nSPS) is 10.9. The van der Waals surface area contributed by atoms with Crippen LogP contribution in [0.5, 0.6) is 0 Å². The number of carbonyl (C=O) groups is 2. The van der Waals surface area contributed by atoms with Crippen molar-refractivity contribution in [3.8, 4) is 0 Å². The first-order chi connectivity index (χ1) is 14.1. The summed E-state index contributed by atoms with van der Waals surface area (Å²) in [4.78, 5) is 31.8. The molecule has 4 rings (SSSR count). The molecule has 0 aliphatic rings. The monoisotopic (exact) mass is 389 g/mol. The molecule has 146 valence electrons. The average molecular weight is 389 g/mol. The fourth-order valence-corrected chi connectivity index (χ4v) is 3.37. The molecular weight excluding hydrogens is 370 g/mol. The van der Waals surface area contributed by atoms with E-state index < -0.39 is 18.5 Å². The smallest absolute Gasteiger partial charge is 0.361 e. The summed E-state index contributed by atoms with van der Waals surface area (Å²) in [5.41, 5.74) is 8.33. The van der Waals surface area contributed by atoms with E-state index in [1.54, 1.807) is 0 Å². The zero-order valence-corrected chi connectivity index (χ0v) is 15.8. The highest BCUT2D eigenvalue weighted by Crippen LogP contribution is 2.30. The highest BCUT2D eigenvalue weighted by Gasteiger charge is 2.16. The van der Waals surface area contributed by atoms with Crippen LogP contribution in [-0.4, -0.2) is 33.0 Å². The van der Waals surface area contributed by atoms with E-state index in [2.05, 4.69) is 38.9 Å². The first kappa shape index (κ1) is 18.4. The van der Waals surface area contributed by atoms with Crippen molar-refractivity contribution in [2.24, 2.45) is 0 Å². The van der Waals surface area contributed by atoms with Gasteiger partial charge in [0, 0.05) is 46.4 Å². The van der Waals surface area contributed by atoms with Crippen molar-refractivity contribution in [1.29, 1.82) is 0 Å². The molecule has 0 bridgehead atoms. The molecule has 0 saturated heterocycles. The van der Waals surface area contributed by atoms with E-state index in [4.69, 9.17) is 10.5 Å². The summed E-state index contributed by atoms with van der Waals surface area (Å²) in [6.07, 6.45) is 2.69. The van der Waals surface area contributed by atoms with Gasteiger partial charge >= 0.3 is 5.97 Å². The maximum atomic E-state index is 12.2. The van der Waals surface area contributed by atoms with E-state index in [0.717, 1.165) is 28.4 Å². The Kier molecular flexibility index (Phi) is 4.82. The lowest BCUT2D eigenvalue weighted by Gasteiger charge is -2.08. The highest BCUT2D eigenvalue weighted by atomic mass is 16.5. The minimum Gasteiger partial charge on any atom is -0.451 e. The molecule has 2 aromatic carbocycles. The lowest BCUT2D eigenvalue weighted by Crippen LogP contribution is -2.22. The molecule has 0 radical (unpaired) electrons. The largest absolute Gasteiger partial charge is 0.451 e. The molecule has 0 aliphatic carbocycles. The van der Waals surface area contributed by atoms with E-state index >= 15 is 0 Å². The van der Waals surface area contributed by atoms with Crippen molar-refractivity contribution in [1.82, 2.24) is 14.5 Å². The summed E-state index contributed by atoms with van der Waals surface area (Å²) in [5, 5.41) is 4.92. The number of amides is 1. The summed E-state index contributed by atoms with van der Waals surface area (Å²) in [7, 11) is 0. The second-order valence-corrected chi connectivity index (χ2v) is 6.41. The number of carbonyl (C=O) groups excluding carboxylic acids is 2. The van der Waals surface area contributed by atoms with Crippen LogP contribution in [0.1, 0.15) is 17.4 Å². The number of nitrogens with zero attached hydrogens (tertiary/aromatic N) is 3. The molecule has 8 heteroatoms. The van der Waals surface area contributed by atoms with E-state index in [1.807, 2.05) is 30.3 Å². The van der Waals surface area contributed by atoms with E-state index in [-0.39, 0.29) is 11.5 Å². The number of nitrogens with one attached hydrogen (secondary N) is 1. The van der Waals surface area contributed by atoms with Gasteiger partial charge in [-0.05, 0) is 31.2 Å². The Morgan fingerprint density at radius 3 is 2.62 bits per heavy atom. The second-order valence-electron chi connectivity index (χ2n) is 6.41. The number of rotatable bonds is 5. The number of benzene rings is 2. The Labute approximate surface area is 166 Å². The van der Waals surface area contributed by atoms with Crippen LogP contribution in [0.3, 0.4) is 0 Å². The lowest BCUT2D eigenvalue weighted by atomic mass is 10.1. The van der Waals surface area contributed by atoms with Gasteiger partial charge in [-0.3, -0.25) is 4.79 Å². The molecule has 0 unspecified atom stereocenters. The molecule has 0 aliphatic heterocycles. The van der Waals surface area contributed by atoms with Crippen LogP contribution in [0.2, 0.25) is 0 Å². The molecule has 4 aromatic rings. The van der Waals surface area contributed by atoms with Crippen molar-refractivity contribution in [2.45, 2.75) is 13.5 Å². The third-order valence-electron chi connectivity index (χ3n) is 4.63. The SMILES string of the molecule is CCn1c2ccccc2c2cc(NC(=O)COC(=O)c3nccnc3N)ccc21. The average Bonchev–Trinajstić information content (AvgIpc) is 3.05. The molecule has 0 atom stereocenters. The Morgan fingerprint density at radius 2 is 1.83 bits per heavy atom. The molecule has 0 fully saturated rings. The number of hydrogen-bond acceptors (Lipinski definition) is 6. The van der Waals surface area contributed by atoms with E-state index in [9.17, 15) is 9.59 Å². The number of aryl methyl sites for hydroxylation is 1. The molecule has 1 amide bonds. The number of hydrogen-bond donors (Lipinski definition) is 2. The van der Waals surface area contributed by atoms with Gasteiger partial charge < -0.3 is 20.4 Å². The molecule has 2 aromatic heterocycles. The van der Waals surface area contributed by atoms with Crippen LogP contribution in [0.25, 0.3) is 21.8 Å². The van der Waals surface area contributed by atoms with Crippen LogP contribution in [-0.2, 0) is 16.1 Å². The predicted octanol–water partition coefficient (Wildman–Crippen LogP) is 2.98. The number of anilines is 2. The van der Waals surface area contributed by atoms with Crippen molar-refractivity contribution in [2.75, 3.05) is 17.7 Å². The van der Waals surface area contributed by atoms with Crippen LogP contribution >= 0.6 is 0 Å². The number of nitrogens with two attached hydrogens (primary N) is 1. The van der Waals surface area contributed by atoms with Crippen molar-refractivity contribution in [3.05, 3.63) is 60.6 Å². The second kappa shape index (κ2) is 7.59. The molecule has 0 saturated carbocycles. The maximum absolute atomic E-state index is 12.2. The number of para-hydroxylation sites is 1. The fraction of sp³-hybridized carbons (Fsp3) is 0.143. The Bertz CT molecular complexity index is 1230. The molecular formula is C21H19N5O3. The third-order valence-corrected chi connectivity index (χ3v) is 4.63. The number of ether oxygens (including phenoxy) is 1. The maximum Gasteiger partial charge on any atom is 0.361 e. The van der Waals surface area contributed by atoms with E-state index in [1.165, 1.54) is 12.4 Å². The molecule has 8 nitrogen and oxygen atoms in total. The predicted molar refractivity (Wildman–Crippen MR) is 110 cm³/mol. The Hall–Kier alpha value is -3.94. The van der Waals surface area contributed by atoms with Gasteiger partial charge in [0.25, 0.3) is 5.91 Å². The molecule has 3 N–H and O–H groups in total. The van der Waals surface area contributed by atoms with Crippen LogP contribution in [0.4, 0.5) is 11.5 Å². The zero-order valence-electron chi connectivity index (χ0n) is 15.8. The standard InChI is InChI=1S/C21H19N5O3/c1-2-26-16-6-4-3-5-14(16)15-11-13(7-8-17(15)26)25-18(27)12-29-21(28)19-20(22)24-10-9-23-19/h3-11H,2,12H2,1H3,(H2,22,24)(H,25,27). The minimum absolute atomic E-state index is 0.0457. The van der Waals surface area contributed by atoms with Crippen molar-refractivity contribution >= 4 is 45.2 Å². The third kappa shape index (κ3) is 3.47. The lowest BCUT2D eigenvalue weighted by molar-refractivity contribution is -0.119. The summed E-state index contributed by atoms with van der Waals surface area (Å²) >= 11 is 0. The minimum atomic E-state index is -0.799. The van der Waals surface area contributed by atoms with Crippen molar-refractivity contribution in [3.63, 3.8) is 0 Å². The number of aromatic nitrogens is 3. The summed E-state index contributed by atoms with van der Waals surface area (Å²) in [6.45, 7) is 2.49. The van der Waals surface area contributed by atoms with Gasteiger partial charge in [-0.2, -0.15) is 0 Å². The van der Waals surface area contributed by atoms with Gasteiger partial charge in [-0.25, -0.2) is 14.8 Å². The summed E-state index contributed by atoms with van der Waals surface area (Å²) in [6, 6.07) is 13.9. The van der Waals surface area contributed by atoms with Gasteiger partial charge in [0.2, 0.25) is 0 Å². The molecule has 0 spiro atoms. The Balaban J connectivity index is 1.51. The quantitative estimate of drug-likeness (QED) is 0.508. The van der Waals surface area contributed by atoms with Crippen LogP contribution < -0.4 is 11.1 Å². The van der Waals surface area contributed by atoms with Crippen molar-refractivity contribution < 1.29 is 14.3 Å². The van der Waals surface area contributed by atoms with E-state index in [0.29, 0.717) is 5.69 Å². The summed E-state index contributed by atoms with van der Waals surface area (Å²) in [5.74, 6) is -1.30. The van der Waals surface area contributed by atoms with Gasteiger partial charge in [-0.1, -0.05) is 18.2 Å². The first-order valence-electron chi connectivity index (χ1n) is 9.13. The van der Waals surface area contributed by atoms with Crippen LogP contribution in [0, 0.1) is 0 Å². The number of esters is 1. The Morgan fingerprint density at radius 1 is 1.07 bits per heavy atom. The number of nitrogen functional groups attached to an aromatic ring is 1. The van der Waals surface area contributed by atoms with Gasteiger partial charge in [0.15, 0.2) is 18.1 Å². The molecule has 29 heavy (non-hydrogen) atoms. The zero-order chi connectivity index (χ0) is 20.4. The van der Waals surface area contributed by atoms with Gasteiger partial charge in [0.05, 0.1) is 0 Å². The molecule has 2 heterocycles. The fourth-order valence-electron chi connectivity index (χ4n) is 3.37. The first-order valence-corrected chi connectivity index (χ1v) is 9.13. The highest BCUT2D eigenvalue weighted by molar-refractivity contribution is 6.10. The summed E-state index contributed by atoms with van der Waals surface area (Å²) < 4.78 is 7.21. The van der Waals surface area contributed by atoms with Gasteiger partial charge in [-0.15, -0.1) is 0 Å². The van der Waals surface area contributed by atoms with Gasteiger partial charge in [0.1, 0.15) is 0 Å².